The number of anilines is 2. The minimum Gasteiger partial charge on any atom is -0.339 e. The fourth-order valence-corrected chi connectivity index (χ4v) is 1.89. The smallest absolute Gasteiger partial charge is 0.152 e. The Labute approximate surface area is 116 Å². The van der Waals surface area contributed by atoms with Crippen molar-refractivity contribution in [3.05, 3.63) is 72.4 Å². The predicted octanol–water partition coefficient (Wildman–Crippen LogP) is 3.49. The number of benzene rings is 2. The SMILES string of the molecule is N#Cc1ccc(Nc2ccn(-c3ccccc3)n2)cc1. The lowest BCUT2D eigenvalue weighted by Crippen LogP contribution is -1.96. The molecule has 3 rings (SSSR count). The van der Waals surface area contributed by atoms with E-state index in [0.29, 0.717) is 5.56 Å². The average molecular weight is 260 g/mol. The highest BCUT2D eigenvalue weighted by Gasteiger charge is 2.01. The van der Waals surface area contributed by atoms with Crippen molar-refractivity contribution in [2.75, 3.05) is 5.32 Å². The van der Waals surface area contributed by atoms with Gasteiger partial charge in [0.15, 0.2) is 5.82 Å². The summed E-state index contributed by atoms with van der Waals surface area (Å²) in [5.41, 5.74) is 2.56. The monoisotopic (exact) mass is 260 g/mol. The van der Waals surface area contributed by atoms with Gasteiger partial charge < -0.3 is 5.32 Å². The van der Waals surface area contributed by atoms with E-state index in [-0.39, 0.29) is 0 Å². The minimum absolute atomic E-state index is 0.644. The van der Waals surface area contributed by atoms with Gasteiger partial charge in [-0.05, 0) is 36.4 Å². The van der Waals surface area contributed by atoms with E-state index in [1.165, 1.54) is 0 Å². The van der Waals surface area contributed by atoms with Crippen LogP contribution in [-0.2, 0) is 0 Å². The fraction of sp³-hybridized carbons (Fsp3) is 0. The first-order valence-corrected chi connectivity index (χ1v) is 6.23. The van der Waals surface area contributed by atoms with Crippen molar-refractivity contribution in [3.8, 4) is 11.8 Å². The zero-order chi connectivity index (χ0) is 13.8. The Morgan fingerprint density at radius 2 is 1.70 bits per heavy atom. The maximum absolute atomic E-state index is 8.76. The lowest BCUT2D eigenvalue weighted by atomic mass is 10.2. The van der Waals surface area contributed by atoms with Crippen LogP contribution in [0.4, 0.5) is 11.5 Å². The van der Waals surface area contributed by atoms with E-state index >= 15 is 0 Å². The molecule has 4 nitrogen and oxygen atoms in total. The van der Waals surface area contributed by atoms with Crippen LogP contribution in [0.25, 0.3) is 5.69 Å². The summed E-state index contributed by atoms with van der Waals surface area (Å²) in [6.45, 7) is 0. The number of para-hydroxylation sites is 1. The lowest BCUT2D eigenvalue weighted by Gasteiger charge is -2.03. The molecule has 0 aliphatic carbocycles. The molecule has 1 heterocycles. The summed E-state index contributed by atoms with van der Waals surface area (Å²) in [5, 5.41) is 16.4. The van der Waals surface area contributed by atoms with Crippen molar-refractivity contribution < 1.29 is 0 Å². The van der Waals surface area contributed by atoms with Crippen LogP contribution in [0.3, 0.4) is 0 Å². The maximum Gasteiger partial charge on any atom is 0.152 e. The first-order valence-electron chi connectivity index (χ1n) is 6.23. The first-order chi connectivity index (χ1) is 9.85. The van der Waals surface area contributed by atoms with Crippen LogP contribution in [0.2, 0.25) is 0 Å². The van der Waals surface area contributed by atoms with Gasteiger partial charge >= 0.3 is 0 Å². The average Bonchev–Trinajstić information content (AvgIpc) is 2.97. The summed E-state index contributed by atoms with van der Waals surface area (Å²) in [6.07, 6.45) is 1.90. The number of hydrogen-bond donors (Lipinski definition) is 1. The van der Waals surface area contributed by atoms with Gasteiger partial charge in [-0.3, -0.25) is 0 Å². The standard InChI is InChI=1S/C16H12N4/c17-12-13-6-8-14(9-7-13)18-16-10-11-20(19-16)15-4-2-1-3-5-15/h1-11H,(H,18,19). The van der Waals surface area contributed by atoms with Crippen LogP contribution in [-0.4, -0.2) is 9.78 Å². The van der Waals surface area contributed by atoms with Crippen LogP contribution in [0.1, 0.15) is 5.56 Å². The van der Waals surface area contributed by atoms with E-state index < -0.39 is 0 Å². The Morgan fingerprint density at radius 1 is 0.950 bits per heavy atom. The maximum atomic E-state index is 8.76. The minimum atomic E-state index is 0.644. The number of nitriles is 1. The van der Waals surface area contributed by atoms with Gasteiger partial charge in [0.25, 0.3) is 0 Å². The van der Waals surface area contributed by atoms with Gasteiger partial charge in [-0.1, -0.05) is 18.2 Å². The molecule has 2 aromatic carbocycles. The van der Waals surface area contributed by atoms with E-state index in [2.05, 4.69) is 16.5 Å². The Morgan fingerprint density at radius 3 is 2.40 bits per heavy atom. The zero-order valence-corrected chi connectivity index (χ0v) is 10.7. The van der Waals surface area contributed by atoms with Gasteiger partial charge in [-0.2, -0.15) is 10.4 Å². The molecule has 0 unspecified atom stereocenters. The first kappa shape index (κ1) is 12.0. The summed E-state index contributed by atoms with van der Waals surface area (Å²) in [4.78, 5) is 0. The van der Waals surface area contributed by atoms with Crippen LogP contribution in [0.15, 0.2) is 66.9 Å². The van der Waals surface area contributed by atoms with E-state index in [0.717, 1.165) is 17.2 Å². The molecule has 1 N–H and O–H groups in total. The molecule has 0 bridgehead atoms. The molecule has 3 aromatic rings. The number of nitrogens with one attached hydrogen (secondary N) is 1. The Balaban J connectivity index is 1.79. The molecule has 0 saturated carbocycles. The van der Waals surface area contributed by atoms with E-state index in [1.54, 1.807) is 12.1 Å². The van der Waals surface area contributed by atoms with Crippen molar-refractivity contribution in [1.82, 2.24) is 9.78 Å². The zero-order valence-electron chi connectivity index (χ0n) is 10.7. The summed E-state index contributed by atoms with van der Waals surface area (Å²) in [6, 6.07) is 21.2. The molecule has 0 aliphatic rings. The molecular weight excluding hydrogens is 248 g/mol. The van der Waals surface area contributed by atoms with Gasteiger partial charge in [-0.15, -0.1) is 0 Å². The Kier molecular flexibility index (Phi) is 3.17. The summed E-state index contributed by atoms with van der Waals surface area (Å²) in [7, 11) is 0. The van der Waals surface area contributed by atoms with Crippen LogP contribution >= 0.6 is 0 Å². The van der Waals surface area contributed by atoms with Crippen LogP contribution in [0.5, 0.6) is 0 Å². The Bertz CT molecular complexity index is 736. The van der Waals surface area contributed by atoms with E-state index in [1.807, 2.05) is 59.4 Å². The second kappa shape index (κ2) is 5.29. The topological polar surface area (TPSA) is 53.6 Å². The van der Waals surface area contributed by atoms with Crippen LogP contribution < -0.4 is 5.32 Å². The fourth-order valence-electron chi connectivity index (χ4n) is 1.89. The quantitative estimate of drug-likeness (QED) is 0.784. The molecule has 0 radical (unpaired) electrons. The second-order valence-corrected chi connectivity index (χ2v) is 4.30. The van der Waals surface area contributed by atoms with Gasteiger partial charge in [-0.25, -0.2) is 4.68 Å². The highest BCUT2D eigenvalue weighted by Crippen LogP contribution is 2.16. The summed E-state index contributed by atoms with van der Waals surface area (Å²) < 4.78 is 1.81. The molecule has 0 amide bonds. The molecule has 1 aromatic heterocycles. The summed E-state index contributed by atoms with van der Waals surface area (Å²) >= 11 is 0. The van der Waals surface area contributed by atoms with Crippen molar-refractivity contribution in [2.24, 2.45) is 0 Å². The highest BCUT2D eigenvalue weighted by molar-refractivity contribution is 5.57. The summed E-state index contributed by atoms with van der Waals surface area (Å²) in [5.74, 6) is 0.763. The molecule has 4 heteroatoms. The third-order valence-electron chi connectivity index (χ3n) is 2.90. The predicted molar refractivity (Wildman–Crippen MR) is 78.0 cm³/mol. The molecular formula is C16H12N4. The second-order valence-electron chi connectivity index (χ2n) is 4.30. The van der Waals surface area contributed by atoms with E-state index in [9.17, 15) is 0 Å². The normalized spacial score (nSPS) is 9.95. The van der Waals surface area contributed by atoms with Crippen molar-refractivity contribution >= 4 is 11.5 Å². The van der Waals surface area contributed by atoms with Crippen molar-refractivity contribution in [3.63, 3.8) is 0 Å². The molecule has 20 heavy (non-hydrogen) atoms. The van der Waals surface area contributed by atoms with Crippen LogP contribution in [0, 0.1) is 11.3 Å². The van der Waals surface area contributed by atoms with Gasteiger partial charge in [0.2, 0.25) is 0 Å². The van der Waals surface area contributed by atoms with Gasteiger partial charge in [0, 0.05) is 18.0 Å². The van der Waals surface area contributed by atoms with Crippen molar-refractivity contribution in [1.29, 1.82) is 5.26 Å². The number of rotatable bonds is 3. The largest absolute Gasteiger partial charge is 0.339 e. The molecule has 0 atom stereocenters. The van der Waals surface area contributed by atoms with Gasteiger partial charge in [0.05, 0.1) is 17.3 Å². The molecule has 0 saturated heterocycles. The number of nitrogens with zero attached hydrogens (tertiary/aromatic N) is 3. The Hall–Kier alpha value is -3.06. The van der Waals surface area contributed by atoms with Crippen molar-refractivity contribution in [2.45, 2.75) is 0 Å². The molecule has 0 fully saturated rings. The molecule has 0 aliphatic heterocycles. The molecule has 96 valence electrons. The number of hydrogen-bond acceptors (Lipinski definition) is 3. The lowest BCUT2D eigenvalue weighted by molar-refractivity contribution is 0.884. The molecule has 0 spiro atoms. The van der Waals surface area contributed by atoms with Gasteiger partial charge in [0.1, 0.15) is 0 Å². The van der Waals surface area contributed by atoms with E-state index in [4.69, 9.17) is 5.26 Å². The number of aromatic nitrogens is 2. The third kappa shape index (κ3) is 2.52. The highest BCUT2D eigenvalue weighted by atomic mass is 15.3. The third-order valence-corrected chi connectivity index (χ3v) is 2.90.